The number of ether oxygens (including phenoxy) is 1. The minimum Gasteiger partial charge on any atom is -0.497 e. The predicted molar refractivity (Wildman–Crippen MR) is 115 cm³/mol. The first-order valence-corrected chi connectivity index (χ1v) is 10.7. The Morgan fingerprint density at radius 3 is 2.41 bits per heavy atom. The number of amides is 4. The Bertz CT molecular complexity index is 1020. The third-order valence-corrected chi connectivity index (χ3v) is 6.23. The molecule has 1 aliphatic carbocycles. The summed E-state index contributed by atoms with van der Waals surface area (Å²) < 4.78 is 18.6. The number of hydrogen-bond donors (Lipinski definition) is 2. The van der Waals surface area contributed by atoms with E-state index in [1.807, 2.05) is 24.3 Å². The van der Waals surface area contributed by atoms with Crippen LogP contribution in [0, 0.1) is 11.7 Å². The summed E-state index contributed by atoms with van der Waals surface area (Å²) in [7, 11) is 1.59. The number of imide groups is 1. The summed E-state index contributed by atoms with van der Waals surface area (Å²) in [6.07, 6.45) is 2.28. The number of rotatable bonds is 8. The van der Waals surface area contributed by atoms with Gasteiger partial charge in [0.2, 0.25) is 5.91 Å². The van der Waals surface area contributed by atoms with Gasteiger partial charge >= 0.3 is 6.03 Å². The fraction of sp³-hybridized carbons (Fsp3) is 0.375. The zero-order chi connectivity index (χ0) is 22.9. The molecule has 0 spiro atoms. The summed E-state index contributed by atoms with van der Waals surface area (Å²) in [6, 6.07) is 12.1. The Hall–Kier alpha value is -3.42. The largest absolute Gasteiger partial charge is 0.497 e. The highest BCUT2D eigenvalue weighted by molar-refractivity contribution is 6.09. The summed E-state index contributed by atoms with van der Waals surface area (Å²) in [6.45, 7) is 1.38. The molecule has 4 amide bonds. The monoisotopic (exact) mass is 439 g/mol. The molecule has 168 valence electrons. The molecular weight excluding hydrogens is 413 g/mol. The predicted octanol–water partition coefficient (Wildman–Crippen LogP) is 3.26. The maximum absolute atomic E-state index is 13.4. The number of carbonyl (C=O) groups excluding carboxylic acids is 3. The molecule has 1 saturated heterocycles. The van der Waals surface area contributed by atoms with Gasteiger partial charge in [-0.25, -0.2) is 9.18 Å². The summed E-state index contributed by atoms with van der Waals surface area (Å²) in [5, 5.41) is 5.70. The normalized spacial score (nSPS) is 21.3. The van der Waals surface area contributed by atoms with Crippen molar-refractivity contribution in [2.45, 2.75) is 37.8 Å². The lowest BCUT2D eigenvalue weighted by Gasteiger charge is -2.26. The molecule has 1 aliphatic heterocycles. The van der Waals surface area contributed by atoms with E-state index in [4.69, 9.17) is 4.74 Å². The fourth-order valence-electron chi connectivity index (χ4n) is 4.22. The number of carbonyl (C=O) groups is 3. The van der Waals surface area contributed by atoms with Crippen molar-refractivity contribution < 1.29 is 23.5 Å². The van der Waals surface area contributed by atoms with E-state index in [1.165, 1.54) is 24.3 Å². The second-order valence-electron chi connectivity index (χ2n) is 8.24. The summed E-state index contributed by atoms with van der Waals surface area (Å²) in [5.41, 5.74) is 0.126. The average Bonchev–Trinajstić information content (AvgIpc) is 3.61. The molecule has 2 atom stereocenters. The van der Waals surface area contributed by atoms with Crippen LogP contribution in [0.5, 0.6) is 5.75 Å². The van der Waals surface area contributed by atoms with Crippen LogP contribution in [0.2, 0.25) is 0 Å². The van der Waals surface area contributed by atoms with E-state index in [2.05, 4.69) is 10.6 Å². The summed E-state index contributed by atoms with van der Waals surface area (Å²) in [5.74, 6) is -0.306. The van der Waals surface area contributed by atoms with Gasteiger partial charge in [0.1, 0.15) is 23.7 Å². The molecule has 2 fully saturated rings. The SMILES string of the molecule is CCC1(c2ccc(F)cc2)NC(=O)N(CC(=O)NC(c2ccc(OC)cc2)C2CC2)C1=O. The van der Waals surface area contributed by atoms with Crippen molar-refractivity contribution in [1.82, 2.24) is 15.5 Å². The molecule has 0 bridgehead atoms. The highest BCUT2D eigenvalue weighted by Gasteiger charge is 2.51. The van der Waals surface area contributed by atoms with Crippen molar-refractivity contribution in [3.05, 3.63) is 65.5 Å². The quantitative estimate of drug-likeness (QED) is 0.618. The van der Waals surface area contributed by atoms with Crippen LogP contribution in [0.4, 0.5) is 9.18 Å². The lowest BCUT2D eigenvalue weighted by molar-refractivity contribution is -0.135. The van der Waals surface area contributed by atoms with Crippen molar-refractivity contribution in [2.75, 3.05) is 13.7 Å². The number of nitrogens with one attached hydrogen (secondary N) is 2. The fourth-order valence-corrected chi connectivity index (χ4v) is 4.22. The molecule has 2 aliphatic rings. The van der Waals surface area contributed by atoms with Gasteiger partial charge in [0.15, 0.2) is 0 Å². The molecule has 7 nitrogen and oxygen atoms in total. The standard InChI is InChI=1S/C24H26FN3O4/c1-3-24(17-8-10-18(25)11-9-17)22(30)28(23(31)27-24)14-20(29)26-21(15-4-5-15)16-6-12-19(32-2)13-7-16/h6-13,15,21H,3-5,14H2,1-2H3,(H,26,29)(H,27,31). The van der Waals surface area contributed by atoms with Gasteiger partial charge in [-0.1, -0.05) is 31.2 Å². The number of methoxy groups -OCH3 is 1. The van der Waals surface area contributed by atoms with E-state index in [-0.39, 0.29) is 19.0 Å². The van der Waals surface area contributed by atoms with Gasteiger partial charge in [-0.3, -0.25) is 14.5 Å². The molecule has 2 aromatic rings. The van der Waals surface area contributed by atoms with Crippen LogP contribution in [0.15, 0.2) is 48.5 Å². The average molecular weight is 439 g/mol. The zero-order valence-corrected chi connectivity index (χ0v) is 18.1. The molecule has 2 unspecified atom stereocenters. The Balaban J connectivity index is 1.49. The van der Waals surface area contributed by atoms with Crippen LogP contribution in [0.3, 0.4) is 0 Å². The van der Waals surface area contributed by atoms with Gasteiger partial charge < -0.3 is 15.4 Å². The van der Waals surface area contributed by atoms with Crippen molar-refractivity contribution in [2.24, 2.45) is 5.92 Å². The third-order valence-electron chi connectivity index (χ3n) is 6.23. The summed E-state index contributed by atoms with van der Waals surface area (Å²) in [4.78, 5) is 39.6. The van der Waals surface area contributed by atoms with Gasteiger partial charge in [-0.05, 0) is 60.6 Å². The van der Waals surface area contributed by atoms with Crippen LogP contribution in [0.25, 0.3) is 0 Å². The van der Waals surface area contributed by atoms with E-state index < -0.39 is 29.2 Å². The van der Waals surface area contributed by atoms with Gasteiger partial charge in [0.25, 0.3) is 5.91 Å². The topological polar surface area (TPSA) is 87.7 Å². The number of nitrogens with zero attached hydrogens (tertiary/aromatic N) is 1. The van der Waals surface area contributed by atoms with Gasteiger partial charge in [0, 0.05) is 0 Å². The Labute approximate surface area is 185 Å². The van der Waals surface area contributed by atoms with Crippen LogP contribution in [-0.2, 0) is 15.1 Å². The third kappa shape index (κ3) is 4.04. The maximum Gasteiger partial charge on any atom is 0.325 e. The first-order chi connectivity index (χ1) is 15.4. The second-order valence-corrected chi connectivity index (χ2v) is 8.24. The molecule has 2 aromatic carbocycles. The number of urea groups is 1. The molecule has 0 radical (unpaired) electrons. The van der Waals surface area contributed by atoms with Crippen molar-refractivity contribution >= 4 is 17.8 Å². The molecule has 4 rings (SSSR count). The van der Waals surface area contributed by atoms with E-state index >= 15 is 0 Å². The highest BCUT2D eigenvalue weighted by Crippen LogP contribution is 2.41. The van der Waals surface area contributed by atoms with Crippen molar-refractivity contribution in [3.63, 3.8) is 0 Å². The van der Waals surface area contributed by atoms with E-state index in [1.54, 1.807) is 14.0 Å². The maximum atomic E-state index is 13.4. The zero-order valence-electron chi connectivity index (χ0n) is 18.1. The number of benzene rings is 2. The number of halogens is 1. The smallest absolute Gasteiger partial charge is 0.325 e. The van der Waals surface area contributed by atoms with Crippen LogP contribution < -0.4 is 15.4 Å². The molecule has 8 heteroatoms. The molecular formula is C24H26FN3O4. The second kappa shape index (κ2) is 8.61. The summed E-state index contributed by atoms with van der Waals surface area (Å²) >= 11 is 0. The minimum atomic E-state index is -1.31. The van der Waals surface area contributed by atoms with Crippen molar-refractivity contribution in [1.29, 1.82) is 0 Å². The van der Waals surface area contributed by atoms with E-state index in [9.17, 15) is 18.8 Å². The Morgan fingerprint density at radius 1 is 1.19 bits per heavy atom. The van der Waals surface area contributed by atoms with Crippen LogP contribution in [0.1, 0.15) is 43.4 Å². The molecule has 32 heavy (non-hydrogen) atoms. The number of hydrogen-bond acceptors (Lipinski definition) is 4. The first kappa shape index (κ1) is 21.8. The van der Waals surface area contributed by atoms with Crippen LogP contribution in [-0.4, -0.2) is 36.4 Å². The van der Waals surface area contributed by atoms with E-state index in [0.717, 1.165) is 29.1 Å². The van der Waals surface area contributed by atoms with Crippen LogP contribution >= 0.6 is 0 Å². The molecule has 1 heterocycles. The van der Waals surface area contributed by atoms with Crippen molar-refractivity contribution in [3.8, 4) is 5.75 Å². The highest BCUT2D eigenvalue weighted by atomic mass is 19.1. The molecule has 0 aromatic heterocycles. The Morgan fingerprint density at radius 2 is 1.84 bits per heavy atom. The first-order valence-electron chi connectivity index (χ1n) is 10.7. The molecule has 2 N–H and O–H groups in total. The van der Waals surface area contributed by atoms with Gasteiger partial charge in [-0.15, -0.1) is 0 Å². The van der Waals surface area contributed by atoms with E-state index in [0.29, 0.717) is 11.5 Å². The molecule has 1 saturated carbocycles. The van der Waals surface area contributed by atoms with Gasteiger partial charge in [0.05, 0.1) is 13.2 Å². The lowest BCUT2D eigenvalue weighted by Crippen LogP contribution is -2.45. The van der Waals surface area contributed by atoms with Gasteiger partial charge in [-0.2, -0.15) is 0 Å². The Kier molecular flexibility index (Phi) is 5.86. The minimum absolute atomic E-state index is 0.192. The lowest BCUT2D eigenvalue weighted by atomic mass is 9.87.